The number of allylic oxidation sites excluding steroid dienone is 2. The standard InChI is InChI=1S/C29H32ClNO3/c1-31-17-19-33-26-10-5-22(6-11-26)27(12-4-21-2-8-25(32)9-3-21)28(14-16-30)23-7-13-29-24(20-23)15-18-34-29/h2-3,5-11,13,20,31-32H,4,12,14-19H2,1H3. The van der Waals surface area contributed by atoms with E-state index in [4.69, 9.17) is 21.1 Å². The third kappa shape index (κ3) is 6.13. The number of phenolic OH excluding ortho intramolecular Hbond substituents is 1. The number of ether oxygens (including phenoxy) is 2. The van der Waals surface area contributed by atoms with E-state index in [0.29, 0.717) is 12.5 Å². The first-order valence-corrected chi connectivity index (χ1v) is 12.4. The van der Waals surface area contributed by atoms with Gasteiger partial charge in [-0.25, -0.2) is 0 Å². The second-order valence-corrected chi connectivity index (χ2v) is 8.84. The summed E-state index contributed by atoms with van der Waals surface area (Å²) < 4.78 is 11.6. The van der Waals surface area contributed by atoms with E-state index in [2.05, 4.69) is 35.6 Å². The molecule has 2 N–H and O–H groups in total. The van der Waals surface area contributed by atoms with Crippen molar-refractivity contribution in [1.29, 1.82) is 0 Å². The third-order valence-corrected chi connectivity index (χ3v) is 6.36. The zero-order valence-electron chi connectivity index (χ0n) is 19.6. The number of phenols is 1. The van der Waals surface area contributed by atoms with E-state index in [1.54, 1.807) is 12.1 Å². The van der Waals surface area contributed by atoms with Crippen molar-refractivity contribution in [2.24, 2.45) is 0 Å². The Bertz CT molecular complexity index is 1110. The van der Waals surface area contributed by atoms with Gasteiger partial charge in [-0.3, -0.25) is 0 Å². The van der Waals surface area contributed by atoms with Gasteiger partial charge in [-0.1, -0.05) is 30.3 Å². The highest BCUT2D eigenvalue weighted by Gasteiger charge is 2.17. The van der Waals surface area contributed by atoms with Crippen molar-refractivity contribution >= 4 is 22.7 Å². The number of hydrogen-bond donors (Lipinski definition) is 2. The first-order valence-electron chi connectivity index (χ1n) is 11.9. The van der Waals surface area contributed by atoms with Gasteiger partial charge in [0.25, 0.3) is 0 Å². The number of benzene rings is 3. The predicted octanol–water partition coefficient (Wildman–Crippen LogP) is 6.10. The van der Waals surface area contributed by atoms with Crippen molar-refractivity contribution in [1.82, 2.24) is 5.32 Å². The van der Waals surface area contributed by atoms with Gasteiger partial charge in [0.05, 0.1) is 6.61 Å². The van der Waals surface area contributed by atoms with Crippen LogP contribution < -0.4 is 14.8 Å². The fourth-order valence-electron chi connectivity index (χ4n) is 4.36. The predicted molar refractivity (Wildman–Crippen MR) is 140 cm³/mol. The fraction of sp³-hybridized carbons (Fsp3) is 0.310. The zero-order chi connectivity index (χ0) is 23.8. The number of aromatic hydroxyl groups is 1. The van der Waals surface area contributed by atoms with Crippen LogP contribution in [0, 0.1) is 0 Å². The van der Waals surface area contributed by atoms with E-state index in [1.165, 1.54) is 33.4 Å². The molecule has 0 saturated carbocycles. The van der Waals surface area contributed by atoms with Gasteiger partial charge in [-0.05, 0) is 96.1 Å². The number of aryl methyl sites for hydroxylation is 1. The van der Waals surface area contributed by atoms with Crippen LogP contribution in [0.3, 0.4) is 0 Å². The molecule has 3 aromatic carbocycles. The molecule has 1 heterocycles. The largest absolute Gasteiger partial charge is 0.508 e. The minimum Gasteiger partial charge on any atom is -0.508 e. The molecule has 0 fully saturated rings. The van der Waals surface area contributed by atoms with Gasteiger partial charge < -0.3 is 19.9 Å². The molecular formula is C29H32ClNO3. The lowest BCUT2D eigenvalue weighted by molar-refractivity contribution is 0.318. The number of rotatable bonds is 11. The normalized spacial score (nSPS) is 13.2. The SMILES string of the molecule is CNCCOc1ccc(C(CCc2ccc(O)cc2)=C(CCCl)c2ccc3c(c2)CCO3)cc1. The smallest absolute Gasteiger partial charge is 0.122 e. The van der Waals surface area contributed by atoms with Crippen molar-refractivity contribution < 1.29 is 14.6 Å². The van der Waals surface area contributed by atoms with Gasteiger partial charge in [-0.15, -0.1) is 11.6 Å². The summed E-state index contributed by atoms with van der Waals surface area (Å²) in [7, 11) is 1.92. The Kier molecular flexibility index (Phi) is 8.51. The molecule has 0 unspecified atom stereocenters. The van der Waals surface area contributed by atoms with Gasteiger partial charge >= 0.3 is 0 Å². The lowest BCUT2D eigenvalue weighted by Crippen LogP contribution is -2.15. The molecule has 4 nitrogen and oxygen atoms in total. The molecule has 178 valence electrons. The van der Waals surface area contributed by atoms with Crippen molar-refractivity contribution in [2.45, 2.75) is 25.7 Å². The Balaban J connectivity index is 1.69. The maximum Gasteiger partial charge on any atom is 0.122 e. The van der Waals surface area contributed by atoms with E-state index < -0.39 is 0 Å². The highest BCUT2D eigenvalue weighted by atomic mass is 35.5. The van der Waals surface area contributed by atoms with Crippen LogP contribution in [0.5, 0.6) is 17.2 Å². The summed E-state index contributed by atoms with van der Waals surface area (Å²) in [6.45, 7) is 2.19. The van der Waals surface area contributed by atoms with Crippen molar-refractivity contribution in [3.63, 3.8) is 0 Å². The summed E-state index contributed by atoms with van der Waals surface area (Å²) in [5, 5.41) is 12.7. The van der Waals surface area contributed by atoms with E-state index >= 15 is 0 Å². The topological polar surface area (TPSA) is 50.7 Å². The lowest BCUT2D eigenvalue weighted by atomic mass is 9.88. The van der Waals surface area contributed by atoms with Crippen LogP contribution >= 0.6 is 11.6 Å². The van der Waals surface area contributed by atoms with Crippen LogP contribution in [-0.2, 0) is 12.8 Å². The van der Waals surface area contributed by atoms with Gasteiger partial charge in [0.15, 0.2) is 0 Å². The minimum absolute atomic E-state index is 0.288. The van der Waals surface area contributed by atoms with Crippen LogP contribution in [0.15, 0.2) is 66.7 Å². The molecule has 0 aromatic heterocycles. The lowest BCUT2D eigenvalue weighted by Gasteiger charge is -2.18. The first-order chi connectivity index (χ1) is 16.7. The molecule has 3 aromatic rings. The molecule has 0 bridgehead atoms. The monoisotopic (exact) mass is 477 g/mol. The van der Waals surface area contributed by atoms with Crippen LogP contribution in [0.1, 0.15) is 35.1 Å². The number of fused-ring (bicyclic) bond motifs is 1. The maximum absolute atomic E-state index is 9.65. The van der Waals surface area contributed by atoms with Crippen molar-refractivity contribution in [3.8, 4) is 17.2 Å². The van der Waals surface area contributed by atoms with Gasteiger partial charge in [0, 0.05) is 18.8 Å². The quantitative estimate of drug-likeness (QED) is 0.199. The molecule has 0 aliphatic carbocycles. The van der Waals surface area contributed by atoms with Crippen LogP contribution in [0.2, 0.25) is 0 Å². The summed E-state index contributed by atoms with van der Waals surface area (Å²) >= 11 is 6.31. The van der Waals surface area contributed by atoms with Gasteiger partial charge in [-0.2, -0.15) is 0 Å². The molecule has 0 saturated heterocycles. The highest BCUT2D eigenvalue weighted by Crippen LogP contribution is 2.36. The Hall–Kier alpha value is -2.95. The molecular weight excluding hydrogens is 446 g/mol. The molecule has 0 amide bonds. The summed E-state index contributed by atoms with van der Waals surface area (Å²) in [6, 6.07) is 22.3. The highest BCUT2D eigenvalue weighted by molar-refractivity contribution is 6.18. The third-order valence-electron chi connectivity index (χ3n) is 6.17. The molecule has 1 aliphatic rings. The van der Waals surface area contributed by atoms with Crippen molar-refractivity contribution in [3.05, 3.63) is 89.0 Å². The van der Waals surface area contributed by atoms with Gasteiger partial charge in [0.2, 0.25) is 0 Å². The maximum atomic E-state index is 9.65. The van der Waals surface area contributed by atoms with Crippen LogP contribution in [0.4, 0.5) is 0 Å². The number of nitrogens with one attached hydrogen (secondary N) is 1. The summed E-state index contributed by atoms with van der Waals surface area (Å²) in [5.41, 5.74) is 7.39. The van der Waals surface area contributed by atoms with E-state index in [-0.39, 0.29) is 5.75 Å². The molecule has 4 rings (SSSR count). The average Bonchev–Trinajstić information content (AvgIpc) is 3.33. The number of hydrogen-bond acceptors (Lipinski definition) is 4. The fourth-order valence-corrected chi connectivity index (χ4v) is 4.55. The second-order valence-electron chi connectivity index (χ2n) is 8.46. The summed E-state index contributed by atoms with van der Waals surface area (Å²) in [5.74, 6) is 2.70. The molecule has 34 heavy (non-hydrogen) atoms. The summed E-state index contributed by atoms with van der Waals surface area (Å²) in [6.07, 6.45) is 3.46. The van der Waals surface area contributed by atoms with E-state index in [9.17, 15) is 5.11 Å². The summed E-state index contributed by atoms with van der Waals surface area (Å²) in [4.78, 5) is 0. The second kappa shape index (κ2) is 12.0. The molecule has 1 aliphatic heterocycles. The van der Waals surface area contributed by atoms with Crippen LogP contribution in [-0.4, -0.2) is 37.8 Å². The Morgan fingerprint density at radius 1 is 0.971 bits per heavy atom. The Morgan fingerprint density at radius 2 is 1.71 bits per heavy atom. The molecule has 0 radical (unpaired) electrons. The zero-order valence-corrected chi connectivity index (χ0v) is 20.4. The number of halogens is 1. The molecule has 0 spiro atoms. The van der Waals surface area contributed by atoms with Crippen LogP contribution in [0.25, 0.3) is 11.1 Å². The van der Waals surface area contributed by atoms with Crippen molar-refractivity contribution in [2.75, 3.05) is 32.7 Å². The van der Waals surface area contributed by atoms with E-state index in [1.807, 2.05) is 31.3 Å². The number of likely N-dealkylation sites (N-methyl/N-ethyl adjacent to an activating group) is 1. The van der Waals surface area contributed by atoms with E-state index in [0.717, 1.165) is 50.3 Å². The average molecular weight is 478 g/mol. The minimum atomic E-state index is 0.288. The Morgan fingerprint density at radius 3 is 2.44 bits per heavy atom. The Labute approximate surface area is 207 Å². The molecule has 0 atom stereocenters. The van der Waals surface area contributed by atoms with Gasteiger partial charge in [0.1, 0.15) is 23.9 Å². The molecule has 5 heteroatoms. The first kappa shape index (κ1) is 24.2. The number of alkyl halides is 1.